The minimum Gasteiger partial charge on any atom is -0.497 e. The fraction of sp³-hybridized carbons (Fsp3) is 0.167. The molecule has 0 fully saturated rings. The molecule has 4 heteroatoms. The molecule has 0 N–H and O–H groups in total. The lowest BCUT2D eigenvalue weighted by atomic mass is 10.1. The van der Waals surface area contributed by atoms with Gasteiger partial charge in [-0.15, -0.1) is 0 Å². The summed E-state index contributed by atoms with van der Waals surface area (Å²) in [7, 11) is 1.60. The second-order valence-corrected chi connectivity index (χ2v) is 5.92. The molecule has 0 spiro atoms. The van der Waals surface area contributed by atoms with Crippen molar-refractivity contribution in [3.63, 3.8) is 0 Å². The molecule has 0 radical (unpaired) electrons. The van der Waals surface area contributed by atoms with Gasteiger partial charge in [0.15, 0.2) is 0 Å². The van der Waals surface area contributed by atoms with Crippen LogP contribution in [0, 0.1) is 0 Å². The van der Waals surface area contributed by atoms with Crippen LogP contribution in [0.4, 0.5) is 0 Å². The van der Waals surface area contributed by atoms with Crippen LogP contribution >= 0.6 is 11.8 Å². The van der Waals surface area contributed by atoms with E-state index < -0.39 is 0 Å². The first-order valence-corrected chi connectivity index (χ1v) is 8.14. The number of rotatable bonds is 5. The normalized spacial score (nSPS) is 10.8. The number of hydrogen-bond donors (Lipinski definition) is 0. The van der Waals surface area contributed by atoms with Crippen molar-refractivity contribution < 1.29 is 9.15 Å². The maximum atomic E-state index is 11.7. The Bertz CT molecular complexity index is 825. The third kappa shape index (κ3) is 3.34. The Balaban J connectivity index is 1.82. The number of thioether (sulfide) groups is 1. The number of ether oxygens (including phenoxy) is 1. The van der Waals surface area contributed by atoms with Gasteiger partial charge in [-0.2, -0.15) is 11.8 Å². The zero-order valence-corrected chi connectivity index (χ0v) is 13.1. The van der Waals surface area contributed by atoms with E-state index in [-0.39, 0.29) is 5.63 Å². The number of benzene rings is 2. The molecule has 3 aromatic rings. The largest absolute Gasteiger partial charge is 0.497 e. The number of methoxy groups -OCH3 is 1. The highest BCUT2D eigenvalue weighted by Crippen LogP contribution is 2.26. The molecule has 0 saturated heterocycles. The van der Waals surface area contributed by atoms with E-state index >= 15 is 0 Å². The van der Waals surface area contributed by atoms with E-state index in [1.54, 1.807) is 31.0 Å². The lowest BCUT2D eigenvalue weighted by molar-refractivity contribution is 0.414. The average Bonchev–Trinajstić information content (AvgIpc) is 2.55. The number of fused-ring (bicyclic) bond motifs is 1. The van der Waals surface area contributed by atoms with E-state index in [2.05, 4.69) is 12.1 Å². The van der Waals surface area contributed by atoms with Gasteiger partial charge in [0.25, 0.3) is 0 Å². The quantitative estimate of drug-likeness (QED) is 0.661. The first kappa shape index (κ1) is 14.7. The Kier molecular flexibility index (Phi) is 4.49. The molecule has 0 bridgehead atoms. The Labute approximate surface area is 132 Å². The molecule has 2 aromatic carbocycles. The van der Waals surface area contributed by atoms with Crippen LogP contribution in [0.25, 0.3) is 11.0 Å². The van der Waals surface area contributed by atoms with E-state index in [1.165, 1.54) is 5.56 Å². The summed E-state index contributed by atoms with van der Waals surface area (Å²) in [5.41, 5.74) is 2.52. The Morgan fingerprint density at radius 2 is 1.86 bits per heavy atom. The SMILES string of the molecule is COc1ccc2c(CSCc3ccccc3)cc(=O)oc2c1. The van der Waals surface area contributed by atoms with Crippen LogP contribution in [0.5, 0.6) is 5.75 Å². The van der Waals surface area contributed by atoms with Gasteiger partial charge in [-0.25, -0.2) is 4.79 Å². The average molecular weight is 312 g/mol. The van der Waals surface area contributed by atoms with Gasteiger partial charge in [0.05, 0.1) is 7.11 Å². The maximum absolute atomic E-state index is 11.7. The van der Waals surface area contributed by atoms with Crippen LogP contribution in [-0.2, 0) is 11.5 Å². The van der Waals surface area contributed by atoms with Crippen molar-refractivity contribution in [2.45, 2.75) is 11.5 Å². The molecular weight excluding hydrogens is 296 g/mol. The minimum absolute atomic E-state index is 0.323. The second kappa shape index (κ2) is 6.71. The van der Waals surface area contributed by atoms with Crippen LogP contribution in [0.15, 0.2) is 63.8 Å². The predicted molar refractivity (Wildman–Crippen MR) is 90.5 cm³/mol. The van der Waals surface area contributed by atoms with Gasteiger partial charge < -0.3 is 9.15 Å². The van der Waals surface area contributed by atoms with Crippen molar-refractivity contribution in [1.82, 2.24) is 0 Å². The van der Waals surface area contributed by atoms with E-state index in [1.807, 2.05) is 30.3 Å². The van der Waals surface area contributed by atoms with Gasteiger partial charge in [-0.05, 0) is 23.3 Å². The summed E-state index contributed by atoms with van der Waals surface area (Å²) in [5.74, 6) is 2.37. The molecular formula is C18H16O3S. The van der Waals surface area contributed by atoms with Crippen LogP contribution in [-0.4, -0.2) is 7.11 Å². The Hall–Kier alpha value is -2.20. The molecule has 0 unspecified atom stereocenters. The fourth-order valence-electron chi connectivity index (χ4n) is 2.31. The standard InChI is InChI=1S/C18H16O3S/c1-20-15-7-8-16-14(9-18(19)21-17(16)10-15)12-22-11-13-5-3-2-4-6-13/h2-10H,11-12H2,1H3. The molecule has 0 aliphatic heterocycles. The molecule has 0 aliphatic carbocycles. The van der Waals surface area contributed by atoms with Gasteiger partial charge >= 0.3 is 5.63 Å². The summed E-state index contributed by atoms with van der Waals surface area (Å²) in [6.45, 7) is 0. The van der Waals surface area contributed by atoms with Gasteiger partial charge in [-0.1, -0.05) is 30.3 Å². The molecule has 1 aromatic heterocycles. The van der Waals surface area contributed by atoms with Gasteiger partial charge in [0.2, 0.25) is 0 Å². The summed E-state index contributed by atoms with van der Waals surface area (Å²) in [4.78, 5) is 11.7. The fourth-order valence-corrected chi connectivity index (χ4v) is 3.30. The van der Waals surface area contributed by atoms with Crippen molar-refractivity contribution in [2.24, 2.45) is 0 Å². The molecule has 0 atom stereocenters. The maximum Gasteiger partial charge on any atom is 0.336 e. The monoisotopic (exact) mass is 312 g/mol. The van der Waals surface area contributed by atoms with Crippen molar-refractivity contribution in [2.75, 3.05) is 7.11 Å². The molecule has 3 rings (SSSR count). The van der Waals surface area contributed by atoms with Crippen LogP contribution in [0.2, 0.25) is 0 Å². The van der Waals surface area contributed by atoms with Crippen LogP contribution < -0.4 is 10.4 Å². The highest BCUT2D eigenvalue weighted by molar-refractivity contribution is 7.97. The van der Waals surface area contributed by atoms with Crippen LogP contribution in [0.1, 0.15) is 11.1 Å². The highest BCUT2D eigenvalue weighted by Gasteiger charge is 2.07. The highest BCUT2D eigenvalue weighted by atomic mass is 32.2. The Morgan fingerprint density at radius 1 is 1.05 bits per heavy atom. The van der Waals surface area contributed by atoms with Crippen molar-refractivity contribution in [3.05, 3.63) is 76.1 Å². The first-order chi connectivity index (χ1) is 10.8. The topological polar surface area (TPSA) is 39.4 Å². The van der Waals surface area contributed by atoms with Gasteiger partial charge in [0.1, 0.15) is 11.3 Å². The van der Waals surface area contributed by atoms with Gasteiger partial charge in [0, 0.05) is 29.0 Å². The van der Waals surface area contributed by atoms with Crippen molar-refractivity contribution in [3.8, 4) is 5.75 Å². The van der Waals surface area contributed by atoms with Crippen LogP contribution in [0.3, 0.4) is 0 Å². The van der Waals surface area contributed by atoms with E-state index in [9.17, 15) is 4.79 Å². The summed E-state index contributed by atoms with van der Waals surface area (Å²) in [5, 5.41) is 0.959. The number of hydrogen-bond acceptors (Lipinski definition) is 4. The lowest BCUT2D eigenvalue weighted by Crippen LogP contribution is -2.00. The molecule has 0 saturated carbocycles. The molecule has 112 valence electrons. The van der Waals surface area contributed by atoms with E-state index in [0.29, 0.717) is 11.3 Å². The lowest BCUT2D eigenvalue weighted by Gasteiger charge is -2.07. The third-order valence-corrected chi connectivity index (χ3v) is 4.46. The summed E-state index contributed by atoms with van der Waals surface area (Å²) in [6, 6.07) is 17.4. The molecule has 0 aliphatic rings. The smallest absolute Gasteiger partial charge is 0.336 e. The zero-order chi connectivity index (χ0) is 15.4. The molecule has 22 heavy (non-hydrogen) atoms. The molecule has 0 amide bonds. The summed E-state index contributed by atoms with van der Waals surface area (Å²) in [6.07, 6.45) is 0. The summed E-state index contributed by atoms with van der Waals surface area (Å²) < 4.78 is 10.4. The zero-order valence-electron chi connectivity index (χ0n) is 12.2. The third-order valence-electron chi connectivity index (χ3n) is 3.41. The predicted octanol–water partition coefficient (Wildman–Crippen LogP) is 4.24. The minimum atomic E-state index is -0.323. The first-order valence-electron chi connectivity index (χ1n) is 6.99. The Morgan fingerprint density at radius 3 is 2.64 bits per heavy atom. The van der Waals surface area contributed by atoms with Crippen molar-refractivity contribution >= 4 is 22.7 Å². The second-order valence-electron chi connectivity index (χ2n) is 4.93. The van der Waals surface area contributed by atoms with E-state index in [0.717, 1.165) is 22.5 Å². The molecule has 3 nitrogen and oxygen atoms in total. The summed E-state index contributed by atoms with van der Waals surface area (Å²) >= 11 is 1.78. The van der Waals surface area contributed by atoms with Crippen molar-refractivity contribution in [1.29, 1.82) is 0 Å². The van der Waals surface area contributed by atoms with E-state index in [4.69, 9.17) is 9.15 Å². The molecule has 1 heterocycles. The van der Waals surface area contributed by atoms with Gasteiger partial charge in [-0.3, -0.25) is 0 Å².